The summed E-state index contributed by atoms with van der Waals surface area (Å²) in [7, 11) is -3.70. The molecule has 196 valence electrons. The number of halogens is 2. The number of nitrogens with zero attached hydrogens (tertiary/aromatic N) is 2. The third-order valence-electron chi connectivity index (χ3n) is 6.51. The van der Waals surface area contributed by atoms with E-state index < -0.39 is 16.1 Å². The lowest BCUT2D eigenvalue weighted by atomic mass is 10.1. The van der Waals surface area contributed by atoms with E-state index in [1.807, 2.05) is 32.0 Å². The van der Waals surface area contributed by atoms with E-state index >= 15 is 0 Å². The zero-order valence-electron chi connectivity index (χ0n) is 20.7. The van der Waals surface area contributed by atoms with Crippen molar-refractivity contribution in [3.8, 4) is 0 Å². The molecule has 4 rings (SSSR count). The summed E-state index contributed by atoms with van der Waals surface area (Å²) in [4.78, 5) is 28.1. The van der Waals surface area contributed by atoms with Crippen molar-refractivity contribution < 1.29 is 18.0 Å². The molecule has 3 aromatic carbocycles. The second-order valence-corrected chi connectivity index (χ2v) is 11.5. The molecule has 1 N–H and O–H groups in total. The quantitative estimate of drug-likeness (QED) is 0.360. The van der Waals surface area contributed by atoms with E-state index in [2.05, 4.69) is 5.32 Å². The number of hydrogen-bond donors (Lipinski definition) is 1. The third kappa shape index (κ3) is 5.42. The Morgan fingerprint density at radius 3 is 2.43 bits per heavy atom. The monoisotopic (exact) mass is 561 g/mol. The summed E-state index contributed by atoms with van der Waals surface area (Å²) in [5.74, 6) is -0.473. The molecule has 7 nitrogen and oxygen atoms in total. The van der Waals surface area contributed by atoms with E-state index in [4.69, 9.17) is 23.2 Å². The predicted octanol–water partition coefficient (Wildman–Crippen LogP) is 5.38. The van der Waals surface area contributed by atoms with Crippen LogP contribution >= 0.6 is 23.2 Å². The Bertz CT molecular complexity index is 1440. The minimum Gasteiger partial charge on any atom is -0.355 e. The number of nitrogens with one attached hydrogen (secondary N) is 1. The molecule has 1 heterocycles. The molecule has 2 amide bonds. The van der Waals surface area contributed by atoms with Gasteiger partial charge in [-0.25, -0.2) is 8.42 Å². The molecule has 0 unspecified atom stereocenters. The van der Waals surface area contributed by atoms with Gasteiger partial charge in [-0.2, -0.15) is 0 Å². The van der Waals surface area contributed by atoms with Crippen LogP contribution in [0.1, 0.15) is 38.7 Å². The van der Waals surface area contributed by atoms with Crippen LogP contribution in [0.25, 0.3) is 10.8 Å². The van der Waals surface area contributed by atoms with Gasteiger partial charge in [0, 0.05) is 31.4 Å². The van der Waals surface area contributed by atoms with Gasteiger partial charge in [-0.05, 0) is 55.0 Å². The van der Waals surface area contributed by atoms with Crippen LogP contribution in [-0.4, -0.2) is 44.3 Å². The average Bonchev–Trinajstić information content (AvgIpc) is 3.09. The Balaban J connectivity index is 1.53. The van der Waals surface area contributed by atoms with E-state index in [0.717, 1.165) is 10.9 Å². The third-order valence-corrected chi connectivity index (χ3v) is 9.10. The number of rotatable bonds is 10. The first-order valence-corrected chi connectivity index (χ1v) is 14.4. The van der Waals surface area contributed by atoms with Gasteiger partial charge in [-0.15, -0.1) is 0 Å². The first-order valence-electron chi connectivity index (χ1n) is 12.2. The van der Waals surface area contributed by atoms with Crippen LogP contribution < -0.4 is 9.62 Å². The topological polar surface area (TPSA) is 86.8 Å². The van der Waals surface area contributed by atoms with Crippen LogP contribution in [0.4, 0.5) is 5.69 Å². The van der Waals surface area contributed by atoms with E-state index in [9.17, 15) is 18.0 Å². The molecule has 1 aliphatic heterocycles. The Hall–Kier alpha value is -2.81. The molecule has 0 aromatic heterocycles. The molecule has 1 aliphatic rings. The average molecular weight is 563 g/mol. The zero-order chi connectivity index (χ0) is 26.7. The summed E-state index contributed by atoms with van der Waals surface area (Å²) >= 11 is 12.2. The highest BCUT2D eigenvalue weighted by molar-refractivity contribution is 7.93. The first kappa shape index (κ1) is 27.2. The SMILES string of the molecule is CCNC(=O)[C@H](CC)N(Cc1ccc(Cl)c(Cl)c1)C(=O)CCCN1c2cccc3cccc(c23)S1(=O)=O. The van der Waals surface area contributed by atoms with Crippen molar-refractivity contribution in [1.82, 2.24) is 10.2 Å². The molecule has 0 spiro atoms. The maximum Gasteiger partial charge on any atom is 0.265 e. The van der Waals surface area contributed by atoms with Crippen molar-refractivity contribution in [2.75, 3.05) is 17.4 Å². The van der Waals surface area contributed by atoms with Crippen molar-refractivity contribution >= 4 is 61.5 Å². The van der Waals surface area contributed by atoms with Gasteiger partial charge in [0.15, 0.2) is 0 Å². The molecule has 0 saturated carbocycles. The number of hydrogen-bond acceptors (Lipinski definition) is 4. The first-order chi connectivity index (χ1) is 17.7. The molecule has 37 heavy (non-hydrogen) atoms. The summed E-state index contributed by atoms with van der Waals surface area (Å²) in [5.41, 5.74) is 1.37. The molecule has 0 bridgehead atoms. The number of sulfonamides is 1. The standard InChI is InChI=1S/C27H29Cl2N3O4S/c1-3-22(27(34)30-4-2)31(17-18-13-14-20(28)21(29)16-18)25(33)12-7-15-32-23-10-5-8-19-9-6-11-24(26(19)23)37(32,35)36/h5-6,8-11,13-14,16,22H,3-4,7,12,15,17H2,1-2H3,(H,30,34)/t22-/m0/s1. The van der Waals surface area contributed by atoms with Crippen LogP contribution in [0, 0.1) is 0 Å². The molecule has 1 atom stereocenters. The van der Waals surface area contributed by atoms with Crippen LogP contribution in [-0.2, 0) is 26.2 Å². The lowest BCUT2D eigenvalue weighted by molar-refractivity contribution is -0.141. The second-order valence-electron chi connectivity index (χ2n) is 8.90. The lowest BCUT2D eigenvalue weighted by Gasteiger charge is -2.31. The normalized spacial score (nSPS) is 14.5. The van der Waals surface area contributed by atoms with Gasteiger partial charge >= 0.3 is 0 Å². The van der Waals surface area contributed by atoms with Crippen LogP contribution in [0.15, 0.2) is 59.5 Å². The van der Waals surface area contributed by atoms with E-state index in [-0.39, 0.29) is 36.2 Å². The molecule has 3 aromatic rings. The minimum atomic E-state index is -3.70. The van der Waals surface area contributed by atoms with E-state index in [1.54, 1.807) is 41.3 Å². The number of carbonyl (C=O) groups is 2. The van der Waals surface area contributed by atoms with Gasteiger partial charge in [0.25, 0.3) is 10.0 Å². The fourth-order valence-corrected chi connectivity index (χ4v) is 6.83. The molecule has 0 fully saturated rings. The van der Waals surface area contributed by atoms with Gasteiger partial charge in [-0.3, -0.25) is 13.9 Å². The van der Waals surface area contributed by atoms with Crippen LogP contribution in [0.2, 0.25) is 10.0 Å². The Morgan fingerprint density at radius 2 is 1.76 bits per heavy atom. The molecule has 0 aliphatic carbocycles. The maximum atomic E-state index is 13.5. The highest BCUT2D eigenvalue weighted by atomic mass is 35.5. The van der Waals surface area contributed by atoms with Gasteiger partial charge in [0.1, 0.15) is 6.04 Å². The molecular weight excluding hydrogens is 533 g/mol. The number of carbonyl (C=O) groups excluding carboxylic acids is 2. The molecule has 0 radical (unpaired) electrons. The smallest absolute Gasteiger partial charge is 0.265 e. The van der Waals surface area contributed by atoms with Gasteiger partial charge < -0.3 is 10.2 Å². The van der Waals surface area contributed by atoms with Crippen LogP contribution in [0.3, 0.4) is 0 Å². The fraction of sp³-hybridized carbons (Fsp3) is 0.333. The molecule has 10 heteroatoms. The number of likely N-dealkylation sites (N-methyl/N-ethyl adjacent to an activating group) is 1. The summed E-state index contributed by atoms with van der Waals surface area (Å²) in [6, 6.07) is 15.2. The fourth-order valence-electron chi connectivity index (χ4n) is 4.76. The van der Waals surface area contributed by atoms with Crippen molar-refractivity contribution in [1.29, 1.82) is 0 Å². The van der Waals surface area contributed by atoms with E-state index in [1.165, 1.54) is 4.31 Å². The Labute approximate surface area is 227 Å². The second kappa shape index (κ2) is 11.3. The number of amides is 2. The summed E-state index contributed by atoms with van der Waals surface area (Å²) in [6.45, 7) is 4.45. The largest absolute Gasteiger partial charge is 0.355 e. The zero-order valence-corrected chi connectivity index (χ0v) is 23.0. The van der Waals surface area contributed by atoms with Gasteiger partial charge in [-0.1, -0.05) is 60.5 Å². The van der Waals surface area contributed by atoms with Crippen molar-refractivity contribution in [2.45, 2.75) is 50.6 Å². The summed E-state index contributed by atoms with van der Waals surface area (Å²) in [5, 5.41) is 5.14. The van der Waals surface area contributed by atoms with Gasteiger partial charge in [0.2, 0.25) is 11.8 Å². The predicted molar refractivity (Wildman–Crippen MR) is 147 cm³/mol. The highest BCUT2D eigenvalue weighted by Crippen LogP contribution is 2.42. The summed E-state index contributed by atoms with van der Waals surface area (Å²) in [6.07, 6.45) is 0.804. The van der Waals surface area contributed by atoms with Crippen molar-refractivity contribution in [3.05, 3.63) is 70.2 Å². The van der Waals surface area contributed by atoms with Crippen molar-refractivity contribution in [3.63, 3.8) is 0 Å². The maximum absolute atomic E-state index is 13.5. The number of anilines is 1. The molecular formula is C27H29Cl2N3O4S. The summed E-state index contributed by atoms with van der Waals surface area (Å²) < 4.78 is 27.9. The van der Waals surface area contributed by atoms with Gasteiger partial charge in [0.05, 0.1) is 20.6 Å². The Morgan fingerprint density at radius 1 is 1.03 bits per heavy atom. The van der Waals surface area contributed by atoms with Crippen LogP contribution in [0.5, 0.6) is 0 Å². The molecule has 0 saturated heterocycles. The van der Waals surface area contributed by atoms with E-state index in [0.29, 0.717) is 40.5 Å². The number of benzene rings is 3. The Kier molecular flexibility index (Phi) is 8.31. The minimum absolute atomic E-state index is 0.0789. The highest BCUT2D eigenvalue weighted by Gasteiger charge is 2.35. The van der Waals surface area contributed by atoms with Crippen molar-refractivity contribution in [2.24, 2.45) is 0 Å². The lowest BCUT2D eigenvalue weighted by Crippen LogP contribution is -2.49.